The van der Waals surface area contributed by atoms with E-state index in [0.717, 1.165) is 22.0 Å². The molecule has 0 N–H and O–H groups in total. The van der Waals surface area contributed by atoms with Crippen molar-refractivity contribution in [1.82, 2.24) is 0 Å². The maximum Gasteiger partial charge on any atom is 0.264 e. The number of anilines is 2. The maximum atomic E-state index is 13.6. The monoisotopic (exact) mass is 452 g/mol. The number of carbonyl (C=O) groups excluding carboxylic acids is 1. The van der Waals surface area contributed by atoms with Crippen LogP contribution in [0.3, 0.4) is 0 Å². The Morgan fingerprint density at radius 1 is 0.938 bits per heavy atom. The van der Waals surface area contributed by atoms with E-state index in [0.29, 0.717) is 23.7 Å². The zero-order chi connectivity index (χ0) is 22.7. The molecule has 166 valence electrons. The van der Waals surface area contributed by atoms with Crippen LogP contribution in [-0.4, -0.2) is 41.6 Å². The molecular weight excluding hydrogens is 428 g/mol. The van der Waals surface area contributed by atoms with E-state index < -0.39 is 10.0 Å². The summed E-state index contributed by atoms with van der Waals surface area (Å²) in [5.74, 6) is 0.537. The van der Waals surface area contributed by atoms with Crippen molar-refractivity contribution in [2.75, 3.05) is 36.5 Å². The molecule has 32 heavy (non-hydrogen) atoms. The van der Waals surface area contributed by atoms with Crippen molar-refractivity contribution in [2.24, 2.45) is 0 Å². The number of para-hydroxylation sites is 1. The highest BCUT2D eigenvalue weighted by molar-refractivity contribution is 7.92. The van der Waals surface area contributed by atoms with Crippen LogP contribution < -0.4 is 18.7 Å². The van der Waals surface area contributed by atoms with Crippen molar-refractivity contribution in [3.05, 3.63) is 78.4 Å². The topological polar surface area (TPSA) is 76.2 Å². The number of benzene rings is 3. The second kappa shape index (κ2) is 8.92. The molecule has 0 unspecified atom stereocenters. The standard InChI is InChI=1S/C24H24N2O5S/c1-30-22-13-12-19(16-23(22)31-2)26(32(28,29)20-9-4-3-5-10-20)17-24(27)25-15-14-18-8-6-7-11-21(18)25/h3-13,16H,14-15,17H2,1-2H3. The van der Waals surface area contributed by atoms with Gasteiger partial charge in [-0.2, -0.15) is 0 Å². The predicted octanol–water partition coefficient (Wildman–Crippen LogP) is 3.49. The van der Waals surface area contributed by atoms with Crippen molar-refractivity contribution in [1.29, 1.82) is 0 Å². The molecule has 0 saturated carbocycles. The normalized spacial score (nSPS) is 12.9. The molecule has 0 aromatic heterocycles. The van der Waals surface area contributed by atoms with Gasteiger partial charge in [0.2, 0.25) is 5.91 Å². The highest BCUT2D eigenvalue weighted by atomic mass is 32.2. The van der Waals surface area contributed by atoms with Crippen LogP contribution in [0.1, 0.15) is 5.56 Å². The van der Waals surface area contributed by atoms with Crippen LogP contribution in [0.4, 0.5) is 11.4 Å². The highest BCUT2D eigenvalue weighted by Crippen LogP contribution is 2.34. The number of carbonyl (C=O) groups is 1. The molecule has 1 amide bonds. The van der Waals surface area contributed by atoms with Gasteiger partial charge in [0, 0.05) is 18.3 Å². The molecule has 7 nitrogen and oxygen atoms in total. The van der Waals surface area contributed by atoms with Crippen LogP contribution in [-0.2, 0) is 21.2 Å². The number of ether oxygens (including phenoxy) is 2. The molecule has 0 spiro atoms. The number of nitrogens with zero attached hydrogens (tertiary/aromatic N) is 2. The highest BCUT2D eigenvalue weighted by Gasteiger charge is 2.32. The first-order chi connectivity index (χ1) is 15.5. The van der Waals surface area contributed by atoms with Gasteiger partial charge in [-0.15, -0.1) is 0 Å². The molecule has 3 aromatic carbocycles. The number of fused-ring (bicyclic) bond motifs is 1. The van der Waals surface area contributed by atoms with Gasteiger partial charge in [-0.3, -0.25) is 9.10 Å². The van der Waals surface area contributed by atoms with E-state index in [1.54, 1.807) is 41.3 Å². The van der Waals surface area contributed by atoms with Gasteiger partial charge in [0.25, 0.3) is 10.0 Å². The van der Waals surface area contributed by atoms with E-state index in [4.69, 9.17) is 9.47 Å². The quantitative estimate of drug-likeness (QED) is 0.549. The van der Waals surface area contributed by atoms with Gasteiger partial charge >= 0.3 is 0 Å². The molecule has 1 heterocycles. The minimum Gasteiger partial charge on any atom is -0.493 e. The Hall–Kier alpha value is -3.52. The molecule has 0 saturated heterocycles. The molecule has 0 radical (unpaired) electrons. The van der Waals surface area contributed by atoms with Crippen LogP contribution in [0.15, 0.2) is 77.7 Å². The van der Waals surface area contributed by atoms with Gasteiger partial charge in [0.05, 0.1) is 24.8 Å². The largest absolute Gasteiger partial charge is 0.493 e. The van der Waals surface area contributed by atoms with Gasteiger partial charge in [-0.1, -0.05) is 36.4 Å². The maximum absolute atomic E-state index is 13.6. The van der Waals surface area contributed by atoms with Gasteiger partial charge in [0.1, 0.15) is 6.54 Å². The zero-order valence-corrected chi connectivity index (χ0v) is 18.7. The summed E-state index contributed by atoms with van der Waals surface area (Å²) in [7, 11) is -1.03. The van der Waals surface area contributed by atoms with Gasteiger partial charge in [0.15, 0.2) is 11.5 Å². The smallest absolute Gasteiger partial charge is 0.264 e. The van der Waals surface area contributed by atoms with Crippen molar-refractivity contribution >= 4 is 27.3 Å². The third-order valence-corrected chi connectivity index (χ3v) is 7.24. The average Bonchev–Trinajstić information content (AvgIpc) is 3.27. The summed E-state index contributed by atoms with van der Waals surface area (Å²) >= 11 is 0. The first-order valence-corrected chi connectivity index (χ1v) is 11.6. The Labute approximate surface area is 187 Å². The number of rotatable bonds is 7. The molecule has 1 aliphatic heterocycles. The van der Waals surface area contributed by atoms with Gasteiger partial charge in [-0.05, 0) is 42.3 Å². The fraction of sp³-hybridized carbons (Fsp3) is 0.208. The van der Waals surface area contributed by atoms with E-state index in [2.05, 4.69) is 0 Å². The number of amides is 1. The lowest BCUT2D eigenvalue weighted by molar-refractivity contribution is -0.117. The predicted molar refractivity (Wildman–Crippen MR) is 123 cm³/mol. The van der Waals surface area contributed by atoms with E-state index in [9.17, 15) is 13.2 Å². The van der Waals surface area contributed by atoms with Crippen LogP contribution in [0.5, 0.6) is 11.5 Å². The molecular formula is C24H24N2O5S. The van der Waals surface area contributed by atoms with E-state index >= 15 is 0 Å². The van der Waals surface area contributed by atoms with Crippen molar-refractivity contribution < 1.29 is 22.7 Å². The second-order valence-electron chi connectivity index (χ2n) is 7.29. The minimum atomic E-state index is -4.01. The second-order valence-corrected chi connectivity index (χ2v) is 9.15. The van der Waals surface area contributed by atoms with Crippen molar-refractivity contribution in [2.45, 2.75) is 11.3 Å². The number of methoxy groups -OCH3 is 2. The first-order valence-electron chi connectivity index (χ1n) is 10.1. The molecule has 0 aliphatic carbocycles. The summed E-state index contributed by atoms with van der Waals surface area (Å²) in [4.78, 5) is 15.1. The minimum absolute atomic E-state index is 0.101. The molecule has 8 heteroatoms. The summed E-state index contributed by atoms with van der Waals surface area (Å²) in [6.45, 7) is 0.171. The fourth-order valence-electron chi connectivity index (χ4n) is 3.82. The van der Waals surface area contributed by atoms with E-state index in [-0.39, 0.29) is 17.3 Å². The molecule has 0 atom stereocenters. The summed E-state index contributed by atoms with van der Waals surface area (Å²) in [6, 6.07) is 20.5. The molecule has 0 bridgehead atoms. The number of hydrogen-bond donors (Lipinski definition) is 0. The van der Waals surface area contributed by atoms with Crippen molar-refractivity contribution in [3.63, 3.8) is 0 Å². The van der Waals surface area contributed by atoms with Crippen LogP contribution >= 0.6 is 0 Å². The van der Waals surface area contributed by atoms with Crippen LogP contribution in [0.2, 0.25) is 0 Å². The molecule has 4 rings (SSSR count). The first kappa shape index (κ1) is 21.7. The Morgan fingerprint density at radius 2 is 1.62 bits per heavy atom. The Bertz CT molecular complexity index is 1230. The van der Waals surface area contributed by atoms with Crippen molar-refractivity contribution in [3.8, 4) is 11.5 Å². The Balaban J connectivity index is 1.74. The molecule has 0 fully saturated rings. The molecule has 1 aliphatic rings. The zero-order valence-electron chi connectivity index (χ0n) is 17.9. The van der Waals surface area contributed by atoms with Gasteiger partial charge < -0.3 is 14.4 Å². The lowest BCUT2D eigenvalue weighted by atomic mass is 10.2. The van der Waals surface area contributed by atoms with Crippen LogP contribution in [0, 0.1) is 0 Å². The number of hydrogen-bond acceptors (Lipinski definition) is 5. The summed E-state index contributed by atoms with van der Waals surface area (Å²) in [5.41, 5.74) is 2.21. The molecule has 3 aromatic rings. The average molecular weight is 453 g/mol. The summed E-state index contributed by atoms with van der Waals surface area (Å²) in [6.07, 6.45) is 0.740. The van der Waals surface area contributed by atoms with E-state index in [1.807, 2.05) is 24.3 Å². The Morgan fingerprint density at radius 3 is 2.34 bits per heavy atom. The van der Waals surface area contributed by atoms with E-state index in [1.165, 1.54) is 26.4 Å². The SMILES string of the molecule is COc1ccc(N(CC(=O)N2CCc3ccccc32)S(=O)(=O)c2ccccc2)cc1OC. The third-order valence-electron chi connectivity index (χ3n) is 5.45. The summed E-state index contributed by atoms with van der Waals surface area (Å²) < 4.78 is 38.9. The fourth-order valence-corrected chi connectivity index (χ4v) is 5.25. The lowest BCUT2D eigenvalue weighted by Crippen LogP contribution is -2.42. The number of sulfonamides is 1. The van der Waals surface area contributed by atoms with Gasteiger partial charge in [-0.25, -0.2) is 8.42 Å². The third kappa shape index (κ3) is 4.01. The lowest BCUT2D eigenvalue weighted by Gasteiger charge is -2.27. The van der Waals surface area contributed by atoms with Crippen LogP contribution in [0.25, 0.3) is 0 Å². The summed E-state index contributed by atoms with van der Waals surface area (Å²) in [5, 5.41) is 0. The Kier molecular flexibility index (Phi) is 6.05.